The van der Waals surface area contributed by atoms with Crippen molar-refractivity contribution in [2.24, 2.45) is 11.8 Å². The second-order valence-electron chi connectivity index (χ2n) is 6.46. The Morgan fingerprint density at radius 2 is 1.76 bits per heavy atom. The fourth-order valence-corrected chi connectivity index (χ4v) is 2.66. The molecule has 3 unspecified atom stereocenters. The normalized spacial score (nSPS) is 15.5. The lowest BCUT2D eigenvalue weighted by Crippen LogP contribution is -2.31. The van der Waals surface area contributed by atoms with E-state index in [9.17, 15) is 9.90 Å². The van der Waals surface area contributed by atoms with Crippen molar-refractivity contribution in [2.45, 2.75) is 52.6 Å². The number of hydrogen-bond acceptors (Lipinski definition) is 2. The van der Waals surface area contributed by atoms with Crippen LogP contribution >= 0.6 is 0 Å². The number of hydrogen-bond donors (Lipinski definition) is 2. The molecule has 1 aromatic rings. The summed E-state index contributed by atoms with van der Waals surface area (Å²) in [6.45, 7) is 8.76. The number of aliphatic hydroxyl groups excluding tert-OH is 1. The minimum Gasteiger partial charge on any atom is -0.393 e. The van der Waals surface area contributed by atoms with E-state index in [-0.39, 0.29) is 17.9 Å². The molecule has 0 radical (unpaired) electrons. The smallest absolute Gasteiger partial charge is 0.220 e. The SMILES string of the molecule is CC(O)CC(C)CNC(=O)CC(c1ccccc1)C(C)C. The van der Waals surface area contributed by atoms with Gasteiger partial charge in [-0.1, -0.05) is 51.1 Å². The second-order valence-corrected chi connectivity index (χ2v) is 6.46. The number of amides is 1. The zero-order valence-corrected chi connectivity index (χ0v) is 13.7. The minimum atomic E-state index is -0.315. The van der Waals surface area contributed by atoms with Gasteiger partial charge >= 0.3 is 0 Å². The molecule has 21 heavy (non-hydrogen) atoms. The minimum absolute atomic E-state index is 0.0926. The number of carbonyl (C=O) groups excluding carboxylic acids is 1. The average molecular weight is 291 g/mol. The van der Waals surface area contributed by atoms with Gasteiger partial charge in [-0.3, -0.25) is 4.79 Å². The molecule has 0 fully saturated rings. The Kier molecular flexibility index (Phi) is 7.44. The first kappa shape index (κ1) is 17.7. The molecule has 0 aromatic heterocycles. The molecule has 0 aliphatic heterocycles. The summed E-state index contributed by atoms with van der Waals surface area (Å²) in [6, 6.07) is 10.2. The van der Waals surface area contributed by atoms with Gasteiger partial charge < -0.3 is 10.4 Å². The Labute approximate surface area is 128 Å². The van der Waals surface area contributed by atoms with Gasteiger partial charge in [0.1, 0.15) is 0 Å². The number of benzene rings is 1. The van der Waals surface area contributed by atoms with E-state index in [0.29, 0.717) is 31.2 Å². The summed E-state index contributed by atoms with van der Waals surface area (Å²) in [5.74, 6) is 1.06. The first-order chi connectivity index (χ1) is 9.90. The van der Waals surface area contributed by atoms with Crippen molar-refractivity contribution in [3.05, 3.63) is 35.9 Å². The van der Waals surface area contributed by atoms with Crippen LogP contribution in [-0.4, -0.2) is 23.7 Å². The summed E-state index contributed by atoms with van der Waals surface area (Å²) in [5.41, 5.74) is 1.22. The third kappa shape index (κ3) is 6.76. The van der Waals surface area contributed by atoms with Crippen LogP contribution in [0.25, 0.3) is 0 Å². The standard InChI is InChI=1S/C18H29NO2/c1-13(2)17(16-8-6-5-7-9-16)11-18(21)19-12-14(3)10-15(4)20/h5-9,13-15,17,20H,10-12H2,1-4H3,(H,19,21). The van der Waals surface area contributed by atoms with E-state index in [1.165, 1.54) is 5.56 Å². The molecule has 0 aliphatic carbocycles. The molecule has 3 heteroatoms. The molecule has 0 aliphatic rings. The highest BCUT2D eigenvalue weighted by Crippen LogP contribution is 2.27. The molecule has 2 N–H and O–H groups in total. The lowest BCUT2D eigenvalue weighted by Gasteiger charge is -2.21. The molecular formula is C18H29NO2. The van der Waals surface area contributed by atoms with Crippen molar-refractivity contribution in [2.75, 3.05) is 6.54 Å². The topological polar surface area (TPSA) is 49.3 Å². The quantitative estimate of drug-likeness (QED) is 0.772. The molecule has 1 amide bonds. The molecule has 0 heterocycles. The van der Waals surface area contributed by atoms with Gasteiger partial charge in [-0.25, -0.2) is 0 Å². The van der Waals surface area contributed by atoms with Crippen molar-refractivity contribution in [1.29, 1.82) is 0 Å². The van der Waals surface area contributed by atoms with Gasteiger partial charge in [-0.05, 0) is 36.7 Å². The van der Waals surface area contributed by atoms with Crippen molar-refractivity contribution < 1.29 is 9.90 Å². The number of aliphatic hydroxyl groups is 1. The lowest BCUT2D eigenvalue weighted by molar-refractivity contribution is -0.121. The van der Waals surface area contributed by atoms with Crippen LogP contribution in [0.1, 0.15) is 52.0 Å². The van der Waals surface area contributed by atoms with E-state index in [4.69, 9.17) is 0 Å². The maximum Gasteiger partial charge on any atom is 0.220 e. The van der Waals surface area contributed by atoms with Gasteiger partial charge in [0.25, 0.3) is 0 Å². The maximum atomic E-state index is 12.1. The predicted molar refractivity (Wildman–Crippen MR) is 87.1 cm³/mol. The Balaban J connectivity index is 2.51. The van der Waals surface area contributed by atoms with E-state index in [1.54, 1.807) is 6.92 Å². The summed E-state index contributed by atoms with van der Waals surface area (Å²) in [6.07, 6.45) is 0.917. The van der Waals surface area contributed by atoms with E-state index in [0.717, 1.165) is 0 Å². The van der Waals surface area contributed by atoms with E-state index in [1.807, 2.05) is 25.1 Å². The van der Waals surface area contributed by atoms with Crippen LogP contribution in [0.3, 0.4) is 0 Å². The van der Waals surface area contributed by atoms with Gasteiger partial charge in [0, 0.05) is 13.0 Å². The third-order valence-corrected chi connectivity index (χ3v) is 3.83. The van der Waals surface area contributed by atoms with Crippen molar-refractivity contribution in [3.63, 3.8) is 0 Å². The average Bonchev–Trinajstić information content (AvgIpc) is 2.42. The first-order valence-corrected chi connectivity index (χ1v) is 7.89. The summed E-state index contributed by atoms with van der Waals surface area (Å²) in [5, 5.41) is 12.3. The van der Waals surface area contributed by atoms with Gasteiger partial charge in [-0.15, -0.1) is 0 Å². The summed E-state index contributed by atoms with van der Waals surface area (Å²) in [7, 11) is 0. The molecule has 3 nitrogen and oxygen atoms in total. The third-order valence-electron chi connectivity index (χ3n) is 3.83. The van der Waals surface area contributed by atoms with E-state index < -0.39 is 0 Å². The fourth-order valence-electron chi connectivity index (χ4n) is 2.66. The zero-order valence-electron chi connectivity index (χ0n) is 13.7. The Morgan fingerprint density at radius 3 is 2.29 bits per heavy atom. The summed E-state index contributed by atoms with van der Waals surface area (Å²) >= 11 is 0. The summed E-state index contributed by atoms with van der Waals surface area (Å²) in [4.78, 5) is 12.1. The van der Waals surface area contributed by atoms with Gasteiger partial charge in [0.05, 0.1) is 6.10 Å². The fraction of sp³-hybridized carbons (Fsp3) is 0.611. The first-order valence-electron chi connectivity index (χ1n) is 7.89. The molecule has 1 rings (SSSR count). The summed E-state index contributed by atoms with van der Waals surface area (Å²) < 4.78 is 0. The van der Waals surface area contributed by atoms with Crippen LogP contribution in [0.4, 0.5) is 0 Å². The second kappa shape index (κ2) is 8.83. The van der Waals surface area contributed by atoms with Crippen LogP contribution in [0.15, 0.2) is 30.3 Å². The molecule has 0 saturated heterocycles. The highest BCUT2D eigenvalue weighted by molar-refractivity contribution is 5.76. The molecule has 3 atom stereocenters. The highest BCUT2D eigenvalue weighted by atomic mass is 16.3. The number of carbonyl (C=O) groups is 1. The Bertz CT molecular complexity index is 414. The van der Waals surface area contributed by atoms with Crippen LogP contribution in [-0.2, 0) is 4.79 Å². The van der Waals surface area contributed by atoms with E-state index >= 15 is 0 Å². The van der Waals surface area contributed by atoms with Gasteiger partial charge in [-0.2, -0.15) is 0 Å². The van der Waals surface area contributed by atoms with Gasteiger partial charge in [0.15, 0.2) is 0 Å². The molecule has 0 saturated carbocycles. The van der Waals surface area contributed by atoms with Gasteiger partial charge in [0.2, 0.25) is 5.91 Å². The van der Waals surface area contributed by atoms with E-state index in [2.05, 4.69) is 31.3 Å². The maximum absolute atomic E-state index is 12.1. The molecule has 1 aromatic carbocycles. The number of nitrogens with one attached hydrogen (secondary N) is 1. The monoisotopic (exact) mass is 291 g/mol. The predicted octanol–water partition coefficient (Wildman–Crippen LogP) is 3.34. The van der Waals surface area contributed by atoms with Crippen molar-refractivity contribution in [1.82, 2.24) is 5.32 Å². The van der Waals surface area contributed by atoms with Crippen LogP contribution in [0, 0.1) is 11.8 Å². The largest absolute Gasteiger partial charge is 0.393 e. The zero-order chi connectivity index (χ0) is 15.8. The van der Waals surface area contributed by atoms with Crippen LogP contribution in [0.5, 0.6) is 0 Å². The van der Waals surface area contributed by atoms with Crippen LogP contribution < -0.4 is 5.32 Å². The Morgan fingerprint density at radius 1 is 1.14 bits per heavy atom. The number of rotatable bonds is 8. The van der Waals surface area contributed by atoms with Crippen LogP contribution in [0.2, 0.25) is 0 Å². The molecular weight excluding hydrogens is 262 g/mol. The van der Waals surface area contributed by atoms with Crippen molar-refractivity contribution in [3.8, 4) is 0 Å². The molecule has 0 spiro atoms. The molecule has 118 valence electrons. The molecule has 0 bridgehead atoms. The highest BCUT2D eigenvalue weighted by Gasteiger charge is 2.19. The van der Waals surface area contributed by atoms with Crippen molar-refractivity contribution >= 4 is 5.91 Å². The Hall–Kier alpha value is -1.35. The lowest BCUT2D eigenvalue weighted by atomic mass is 9.85.